The highest BCUT2D eigenvalue weighted by molar-refractivity contribution is 7.89. The molecule has 0 radical (unpaired) electrons. The van der Waals surface area contributed by atoms with Crippen molar-refractivity contribution >= 4 is 10.0 Å². The van der Waals surface area contributed by atoms with E-state index in [0.717, 1.165) is 6.07 Å². The van der Waals surface area contributed by atoms with Crippen LogP contribution in [0.4, 0.5) is 13.2 Å². The molecule has 1 fully saturated rings. The molecule has 0 bridgehead atoms. The molecule has 0 unspecified atom stereocenters. The van der Waals surface area contributed by atoms with Crippen LogP contribution in [-0.4, -0.2) is 24.6 Å². The molecule has 1 saturated carbocycles. The maximum atomic E-state index is 14.0. The van der Waals surface area contributed by atoms with Crippen LogP contribution in [0.3, 0.4) is 0 Å². The normalized spacial score (nSPS) is 20.6. The predicted octanol–water partition coefficient (Wildman–Crippen LogP) is 3.62. The van der Waals surface area contributed by atoms with Crippen LogP contribution in [0.1, 0.15) is 25.6 Å². The first-order chi connectivity index (χ1) is 13.6. The monoisotopic (exact) mass is 423 g/mol. The lowest BCUT2D eigenvalue weighted by Crippen LogP contribution is -2.29. The molecule has 1 aromatic heterocycles. The average Bonchev–Trinajstić information content (AvgIpc) is 3.00. The lowest BCUT2D eigenvalue weighted by Gasteiger charge is -2.07. The molecule has 1 aliphatic carbocycles. The summed E-state index contributed by atoms with van der Waals surface area (Å²) in [5.74, 6) is -4.65. The van der Waals surface area contributed by atoms with Crippen molar-refractivity contribution in [2.75, 3.05) is 0 Å². The third-order valence-corrected chi connectivity index (χ3v) is 6.60. The van der Waals surface area contributed by atoms with E-state index in [1.54, 1.807) is 32.0 Å². The minimum Gasteiger partial charge on any atom is -0.334 e. The third-order valence-electron chi connectivity index (χ3n) is 5.14. The van der Waals surface area contributed by atoms with Crippen molar-refractivity contribution in [1.82, 2.24) is 14.9 Å². The number of sulfonamides is 1. The molecule has 4 rings (SSSR count). The molecule has 10 heteroatoms. The molecular weight excluding hydrogens is 407 g/mol. The van der Waals surface area contributed by atoms with Crippen molar-refractivity contribution in [1.29, 1.82) is 0 Å². The minimum atomic E-state index is -3.78. The first kappa shape index (κ1) is 19.6. The highest BCUT2D eigenvalue weighted by Crippen LogP contribution is 2.58. The van der Waals surface area contributed by atoms with Gasteiger partial charge < -0.3 is 4.52 Å². The number of hydrogen-bond acceptors (Lipinski definition) is 5. The Kier molecular flexibility index (Phi) is 4.50. The summed E-state index contributed by atoms with van der Waals surface area (Å²) in [7, 11) is -3.78. The Morgan fingerprint density at radius 1 is 1.03 bits per heavy atom. The molecule has 3 aromatic rings. The van der Waals surface area contributed by atoms with Gasteiger partial charge in [0.25, 0.3) is 5.89 Å². The van der Waals surface area contributed by atoms with Gasteiger partial charge in [0, 0.05) is 12.0 Å². The van der Waals surface area contributed by atoms with Crippen molar-refractivity contribution in [3.63, 3.8) is 0 Å². The van der Waals surface area contributed by atoms with Crippen molar-refractivity contribution in [3.05, 3.63) is 65.7 Å². The zero-order chi connectivity index (χ0) is 21.0. The van der Waals surface area contributed by atoms with Crippen LogP contribution in [0.5, 0.6) is 0 Å². The number of aromatic nitrogens is 2. The molecule has 0 spiro atoms. The fourth-order valence-electron chi connectivity index (χ4n) is 3.36. The molecule has 29 heavy (non-hydrogen) atoms. The Bertz CT molecular complexity index is 1180. The highest BCUT2D eigenvalue weighted by Gasteiger charge is 2.62. The van der Waals surface area contributed by atoms with Crippen molar-refractivity contribution in [2.45, 2.75) is 30.7 Å². The fraction of sp³-hybridized carbons (Fsp3) is 0.263. The second-order valence-electron chi connectivity index (χ2n) is 7.39. The smallest absolute Gasteiger partial charge is 0.264 e. The van der Waals surface area contributed by atoms with Gasteiger partial charge in [-0.3, -0.25) is 0 Å². The van der Waals surface area contributed by atoms with Crippen LogP contribution in [-0.2, 0) is 10.0 Å². The van der Waals surface area contributed by atoms with Gasteiger partial charge in [-0.05, 0) is 29.7 Å². The van der Waals surface area contributed by atoms with Crippen LogP contribution in [0.15, 0.2) is 51.9 Å². The first-order valence-corrected chi connectivity index (χ1v) is 10.2. The maximum Gasteiger partial charge on any atom is 0.264 e. The minimum absolute atomic E-state index is 0.0776. The van der Waals surface area contributed by atoms with E-state index in [2.05, 4.69) is 14.9 Å². The highest BCUT2D eigenvalue weighted by atomic mass is 32.2. The zero-order valence-corrected chi connectivity index (χ0v) is 16.2. The third kappa shape index (κ3) is 3.32. The summed E-state index contributed by atoms with van der Waals surface area (Å²) in [6, 6.07) is 8.71. The Labute approximate surface area is 164 Å². The quantitative estimate of drug-likeness (QED) is 0.634. The van der Waals surface area contributed by atoms with E-state index in [1.807, 2.05) is 0 Å². The Morgan fingerprint density at radius 2 is 1.69 bits per heavy atom. The van der Waals surface area contributed by atoms with Gasteiger partial charge in [0.2, 0.25) is 10.0 Å². The number of benzene rings is 2. The lowest BCUT2D eigenvalue weighted by atomic mass is 10.1. The predicted molar refractivity (Wildman–Crippen MR) is 96.7 cm³/mol. The summed E-state index contributed by atoms with van der Waals surface area (Å²) in [5.41, 5.74) is -1.33. The molecule has 0 saturated heterocycles. The van der Waals surface area contributed by atoms with Crippen LogP contribution in [0, 0.1) is 22.9 Å². The van der Waals surface area contributed by atoms with Crippen molar-refractivity contribution in [3.8, 4) is 11.5 Å². The molecule has 2 aromatic carbocycles. The van der Waals surface area contributed by atoms with E-state index in [4.69, 9.17) is 4.52 Å². The Hall–Kier alpha value is -2.72. The van der Waals surface area contributed by atoms with Gasteiger partial charge in [-0.2, -0.15) is 4.98 Å². The van der Waals surface area contributed by atoms with Gasteiger partial charge in [0.15, 0.2) is 17.5 Å². The van der Waals surface area contributed by atoms with E-state index in [-0.39, 0.29) is 10.7 Å². The van der Waals surface area contributed by atoms with Crippen LogP contribution in [0.2, 0.25) is 0 Å². The summed E-state index contributed by atoms with van der Waals surface area (Å²) in [5, 5.41) is 3.74. The summed E-state index contributed by atoms with van der Waals surface area (Å²) in [6.07, 6.45) is 0. The number of nitrogens with zero attached hydrogens (tertiary/aromatic N) is 2. The van der Waals surface area contributed by atoms with E-state index in [1.165, 1.54) is 12.1 Å². The van der Waals surface area contributed by atoms with Crippen LogP contribution in [0.25, 0.3) is 11.5 Å². The molecule has 1 aliphatic rings. The van der Waals surface area contributed by atoms with E-state index in [0.29, 0.717) is 6.07 Å². The zero-order valence-electron chi connectivity index (χ0n) is 15.4. The molecule has 1 N–H and O–H groups in total. The Balaban J connectivity index is 1.62. The number of rotatable bonds is 5. The number of hydrogen-bond donors (Lipinski definition) is 1. The van der Waals surface area contributed by atoms with E-state index < -0.39 is 56.3 Å². The summed E-state index contributed by atoms with van der Waals surface area (Å²) in [4.78, 5) is 4.10. The molecule has 1 heterocycles. The molecule has 0 amide bonds. The van der Waals surface area contributed by atoms with Crippen LogP contribution < -0.4 is 4.72 Å². The van der Waals surface area contributed by atoms with Crippen molar-refractivity contribution in [2.24, 2.45) is 5.41 Å². The SMILES string of the molecule is CC1(C)[C@H](c2noc(-c3c(F)ccc(F)c3F)n2)[C@@H]1NS(=O)(=O)c1ccccc1. The van der Waals surface area contributed by atoms with Gasteiger partial charge >= 0.3 is 0 Å². The van der Waals surface area contributed by atoms with Crippen LogP contribution >= 0.6 is 0 Å². The Morgan fingerprint density at radius 3 is 2.38 bits per heavy atom. The second-order valence-corrected chi connectivity index (χ2v) is 9.10. The molecule has 0 aliphatic heterocycles. The molecule has 152 valence electrons. The maximum absolute atomic E-state index is 14.0. The second kappa shape index (κ2) is 6.67. The van der Waals surface area contributed by atoms with Gasteiger partial charge in [0.05, 0.1) is 4.90 Å². The number of halogens is 3. The summed E-state index contributed by atoms with van der Waals surface area (Å²) in [6.45, 7) is 3.60. The molecule has 6 nitrogen and oxygen atoms in total. The summed E-state index contributed by atoms with van der Waals surface area (Å²) < 4.78 is 74.1. The first-order valence-electron chi connectivity index (χ1n) is 8.68. The van der Waals surface area contributed by atoms with E-state index >= 15 is 0 Å². The molecule has 2 atom stereocenters. The number of nitrogens with one attached hydrogen (secondary N) is 1. The van der Waals surface area contributed by atoms with Gasteiger partial charge in [-0.15, -0.1) is 0 Å². The average molecular weight is 423 g/mol. The van der Waals surface area contributed by atoms with E-state index in [9.17, 15) is 21.6 Å². The standard InChI is InChI=1S/C19H16F3N3O3S/c1-19(2)14(16(19)25-29(26,27)10-6-4-3-5-7-10)17-23-18(28-24-17)13-11(20)8-9-12(21)15(13)22/h3-9,14,16,25H,1-2H3/t14-,16-/m0/s1. The topological polar surface area (TPSA) is 85.1 Å². The summed E-state index contributed by atoms with van der Waals surface area (Å²) >= 11 is 0. The van der Waals surface area contributed by atoms with Crippen molar-refractivity contribution < 1.29 is 26.1 Å². The van der Waals surface area contributed by atoms with Gasteiger partial charge in [0.1, 0.15) is 11.4 Å². The van der Waals surface area contributed by atoms with Gasteiger partial charge in [-0.25, -0.2) is 26.3 Å². The lowest BCUT2D eigenvalue weighted by molar-refractivity contribution is 0.411. The largest absolute Gasteiger partial charge is 0.334 e. The van der Waals surface area contributed by atoms with Gasteiger partial charge in [-0.1, -0.05) is 37.2 Å². The molecular formula is C19H16F3N3O3S. The fourth-order valence-corrected chi connectivity index (χ4v) is 4.79.